The van der Waals surface area contributed by atoms with Crippen LogP contribution in [-0.2, 0) is 5.41 Å². The zero-order chi connectivity index (χ0) is 27.6. The molecule has 0 bridgehead atoms. The Labute approximate surface area is 240 Å². The predicted octanol–water partition coefficient (Wildman–Crippen LogP) is 10.1. The van der Waals surface area contributed by atoms with Gasteiger partial charge in [-0.1, -0.05) is 105 Å². The number of hydrogen-bond acceptors (Lipinski definition) is 2. The monoisotopic (exact) mass is 524 g/mol. The van der Waals surface area contributed by atoms with Gasteiger partial charge in [-0.05, 0) is 85.3 Å². The lowest BCUT2D eigenvalue weighted by Gasteiger charge is -2.23. The molecule has 0 fully saturated rings. The Kier molecular flexibility index (Phi) is 5.20. The van der Waals surface area contributed by atoms with Crippen LogP contribution in [0.5, 0.6) is 0 Å². The van der Waals surface area contributed by atoms with Crippen LogP contribution in [0.3, 0.4) is 0 Å². The normalized spacial score (nSPS) is 13.3. The first-order valence-corrected chi connectivity index (χ1v) is 14.2. The van der Waals surface area contributed by atoms with Crippen LogP contribution in [0, 0.1) is 0 Å². The summed E-state index contributed by atoms with van der Waals surface area (Å²) in [6, 6.07) is 43.9. The van der Waals surface area contributed by atoms with Crippen LogP contribution in [-0.4, -0.2) is 9.97 Å². The van der Waals surface area contributed by atoms with Gasteiger partial charge < -0.3 is 0 Å². The van der Waals surface area contributed by atoms with Crippen LogP contribution in [0.25, 0.3) is 66.3 Å². The highest BCUT2D eigenvalue weighted by molar-refractivity contribution is 6.21. The van der Waals surface area contributed by atoms with Gasteiger partial charge in [-0.2, -0.15) is 0 Å². The highest BCUT2D eigenvalue weighted by Crippen LogP contribution is 2.51. The van der Waals surface area contributed by atoms with Crippen molar-refractivity contribution in [3.8, 4) is 44.8 Å². The third-order valence-corrected chi connectivity index (χ3v) is 8.78. The highest BCUT2D eigenvalue weighted by Gasteiger charge is 2.35. The lowest BCUT2D eigenvalue weighted by atomic mass is 9.80. The van der Waals surface area contributed by atoms with Gasteiger partial charge in [0.2, 0.25) is 0 Å². The molecule has 7 aromatic rings. The standard InChI is InChI=1S/C39H28N2/c1-39(2)33-15-8-7-10-27(33)28-19-18-26(24-34(28)39)37-29-11-3-5-13-31(29)38(32-14-6-4-12-30(32)37)36-17-9-16-35(41-36)25-20-22-40-23-21-25/h3-24H,1-2H3. The fourth-order valence-corrected chi connectivity index (χ4v) is 6.83. The Hall–Kier alpha value is -5.08. The van der Waals surface area contributed by atoms with E-state index < -0.39 is 0 Å². The van der Waals surface area contributed by atoms with E-state index in [2.05, 4.69) is 128 Å². The van der Waals surface area contributed by atoms with Crippen molar-refractivity contribution < 1.29 is 0 Å². The van der Waals surface area contributed by atoms with Gasteiger partial charge >= 0.3 is 0 Å². The quantitative estimate of drug-likeness (QED) is 0.215. The molecule has 0 unspecified atom stereocenters. The number of aromatic nitrogens is 2. The summed E-state index contributed by atoms with van der Waals surface area (Å²) in [7, 11) is 0. The molecule has 0 N–H and O–H groups in total. The van der Waals surface area contributed by atoms with Crippen molar-refractivity contribution in [3.05, 3.63) is 145 Å². The summed E-state index contributed by atoms with van der Waals surface area (Å²) in [5, 5.41) is 4.91. The second kappa shape index (κ2) is 8.97. The maximum Gasteiger partial charge on any atom is 0.0722 e. The molecule has 8 rings (SSSR count). The molecule has 0 saturated carbocycles. The van der Waals surface area contributed by atoms with E-state index in [-0.39, 0.29) is 5.41 Å². The van der Waals surface area contributed by atoms with E-state index in [1.54, 1.807) is 0 Å². The summed E-state index contributed by atoms with van der Waals surface area (Å²) in [5.74, 6) is 0. The molecule has 0 aliphatic heterocycles. The average Bonchev–Trinajstić information content (AvgIpc) is 3.26. The summed E-state index contributed by atoms with van der Waals surface area (Å²) >= 11 is 0. The van der Waals surface area contributed by atoms with Gasteiger partial charge in [0, 0.05) is 28.9 Å². The Morgan fingerprint density at radius 1 is 0.463 bits per heavy atom. The molecule has 0 saturated heterocycles. The van der Waals surface area contributed by atoms with E-state index >= 15 is 0 Å². The van der Waals surface area contributed by atoms with Gasteiger partial charge in [0.1, 0.15) is 0 Å². The summed E-state index contributed by atoms with van der Waals surface area (Å²) in [5.41, 5.74) is 12.1. The maximum atomic E-state index is 5.18. The first-order chi connectivity index (χ1) is 20.1. The highest BCUT2D eigenvalue weighted by atomic mass is 14.7. The largest absolute Gasteiger partial charge is 0.265 e. The second-order valence-corrected chi connectivity index (χ2v) is 11.4. The minimum atomic E-state index is -0.0508. The van der Waals surface area contributed by atoms with Gasteiger partial charge in [-0.3, -0.25) is 4.98 Å². The third kappa shape index (κ3) is 3.57. The van der Waals surface area contributed by atoms with E-state index in [9.17, 15) is 0 Å². The van der Waals surface area contributed by atoms with Gasteiger partial charge in [0.25, 0.3) is 0 Å². The average molecular weight is 525 g/mol. The number of nitrogens with zero attached hydrogens (tertiary/aromatic N) is 2. The molecule has 41 heavy (non-hydrogen) atoms. The zero-order valence-corrected chi connectivity index (χ0v) is 23.1. The molecule has 194 valence electrons. The Morgan fingerprint density at radius 2 is 1.05 bits per heavy atom. The molecule has 0 spiro atoms. The van der Waals surface area contributed by atoms with E-state index in [4.69, 9.17) is 4.98 Å². The lowest BCUT2D eigenvalue weighted by Crippen LogP contribution is -2.14. The minimum absolute atomic E-state index is 0.0508. The molecule has 0 radical (unpaired) electrons. The topological polar surface area (TPSA) is 25.8 Å². The van der Waals surface area contributed by atoms with Crippen LogP contribution >= 0.6 is 0 Å². The number of pyridine rings is 2. The molecule has 0 atom stereocenters. The third-order valence-electron chi connectivity index (χ3n) is 8.78. The first-order valence-electron chi connectivity index (χ1n) is 14.2. The van der Waals surface area contributed by atoms with E-state index in [1.807, 2.05) is 24.5 Å². The van der Waals surface area contributed by atoms with Crippen molar-refractivity contribution in [1.29, 1.82) is 0 Å². The van der Waals surface area contributed by atoms with Crippen molar-refractivity contribution in [2.45, 2.75) is 19.3 Å². The Morgan fingerprint density at radius 3 is 1.76 bits per heavy atom. The smallest absolute Gasteiger partial charge is 0.0722 e. The van der Waals surface area contributed by atoms with Crippen molar-refractivity contribution in [3.63, 3.8) is 0 Å². The van der Waals surface area contributed by atoms with Gasteiger partial charge in [-0.15, -0.1) is 0 Å². The van der Waals surface area contributed by atoms with E-state index in [0.29, 0.717) is 0 Å². The predicted molar refractivity (Wildman–Crippen MR) is 171 cm³/mol. The fourth-order valence-electron chi connectivity index (χ4n) is 6.83. The number of hydrogen-bond donors (Lipinski definition) is 0. The van der Waals surface area contributed by atoms with Gasteiger partial charge in [0.15, 0.2) is 0 Å². The molecule has 2 heteroatoms. The van der Waals surface area contributed by atoms with Crippen LogP contribution in [0.15, 0.2) is 134 Å². The lowest BCUT2D eigenvalue weighted by molar-refractivity contribution is 0.660. The number of fused-ring (bicyclic) bond motifs is 5. The molecule has 1 aliphatic rings. The Balaban J connectivity index is 1.40. The first kappa shape index (κ1) is 23.8. The van der Waals surface area contributed by atoms with Crippen molar-refractivity contribution in [2.75, 3.05) is 0 Å². The minimum Gasteiger partial charge on any atom is -0.265 e. The van der Waals surface area contributed by atoms with Crippen molar-refractivity contribution >= 4 is 21.5 Å². The fraction of sp³-hybridized carbons (Fsp3) is 0.0769. The van der Waals surface area contributed by atoms with Crippen molar-refractivity contribution in [2.24, 2.45) is 0 Å². The van der Waals surface area contributed by atoms with Crippen LogP contribution < -0.4 is 0 Å². The van der Waals surface area contributed by atoms with Crippen molar-refractivity contribution in [1.82, 2.24) is 9.97 Å². The molecule has 1 aliphatic carbocycles. The maximum absolute atomic E-state index is 5.18. The van der Waals surface area contributed by atoms with E-state index in [0.717, 1.165) is 17.0 Å². The molecular weight excluding hydrogens is 496 g/mol. The van der Waals surface area contributed by atoms with Crippen LogP contribution in [0.2, 0.25) is 0 Å². The molecule has 2 nitrogen and oxygen atoms in total. The SMILES string of the molecule is CC1(C)c2ccccc2-c2ccc(-c3c4ccccc4c(-c4cccc(-c5ccncc5)n4)c4ccccc34)cc21. The summed E-state index contributed by atoms with van der Waals surface area (Å²) in [4.78, 5) is 9.36. The van der Waals surface area contributed by atoms with Gasteiger partial charge in [0.05, 0.1) is 11.4 Å². The number of benzene rings is 5. The summed E-state index contributed by atoms with van der Waals surface area (Å²) in [6.45, 7) is 4.70. The zero-order valence-electron chi connectivity index (χ0n) is 23.1. The molecule has 2 aromatic heterocycles. The van der Waals surface area contributed by atoms with Gasteiger partial charge in [-0.25, -0.2) is 4.98 Å². The number of rotatable bonds is 3. The molecule has 0 amide bonds. The Bertz CT molecular complexity index is 2070. The molecule has 2 heterocycles. The van der Waals surface area contributed by atoms with E-state index in [1.165, 1.54) is 60.5 Å². The van der Waals surface area contributed by atoms with Crippen LogP contribution in [0.4, 0.5) is 0 Å². The second-order valence-electron chi connectivity index (χ2n) is 11.4. The summed E-state index contributed by atoms with van der Waals surface area (Å²) < 4.78 is 0. The molecular formula is C39H28N2. The summed E-state index contributed by atoms with van der Waals surface area (Å²) in [6.07, 6.45) is 3.64. The molecule has 5 aromatic carbocycles. The van der Waals surface area contributed by atoms with Crippen LogP contribution in [0.1, 0.15) is 25.0 Å².